The van der Waals surface area contributed by atoms with E-state index >= 15 is 0 Å². The molecule has 2 saturated heterocycles. The molecule has 2 heterocycles. The van der Waals surface area contributed by atoms with E-state index in [1.54, 1.807) is 12.1 Å². The Morgan fingerprint density at radius 1 is 1.06 bits per heavy atom. The minimum atomic E-state index is -1.18. The molecule has 0 aromatic heterocycles. The molecule has 2 aromatic carbocycles. The summed E-state index contributed by atoms with van der Waals surface area (Å²) in [4.78, 5) is 40.5. The Bertz CT molecular complexity index is 1070. The van der Waals surface area contributed by atoms with Crippen LogP contribution in [0.1, 0.15) is 20.7 Å². The molecule has 2 fully saturated rings. The van der Waals surface area contributed by atoms with Gasteiger partial charge in [0.1, 0.15) is 5.82 Å². The molecule has 4 rings (SSSR count). The number of hydrogen-bond acceptors (Lipinski definition) is 6. The number of carbonyl (C=O) groups is 3. The van der Waals surface area contributed by atoms with Crippen LogP contribution in [-0.2, 0) is 9.53 Å². The highest BCUT2D eigenvalue weighted by Gasteiger charge is 2.23. The van der Waals surface area contributed by atoms with E-state index in [4.69, 9.17) is 4.74 Å². The van der Waals surface area contributed by atoms with Crippen molar-refractivity contribution in [3.8, 4) is 0 Å². The van der Waals surface area contributed by atoms with Crippen molar-refractivity contribution in [3.63, 3.8) is 0 Å². The van der Waals surface area contributed by atoms with Crippen molar-refractivity contribution in [3.05, 3.63) is 59.4 Å². The van der Waals surface area contributed by atoms with Crippen molar-refractivity contribution >= 4 is 29.2 Å². The van der Waals surface area contributed by atoms with E-state index in [0.29, 0.717) is 58.4 Å². The SMILES string of the molecule is O=C(CN1CCN(c2ccc(NC(=O)c3cccc(F)c3)c(C(=O)O)c2)CC1)NCC1COC1. The molecule has 0 spiro atoms. The van der Waals surface area contributed by atoms with Crippen molar-refractivity contribution < 1.29 is 28.6 Å². The predicted molar refractivity (Wildman–Crippen MR) is 124 cm³/mol. The molecule has 3 N–H and O–H groups in total. The number of halogens is 1. The van der Waals surface area contributed by atoms with Crippen molar-refractivity contribution in [2.24, 2.45) is 5.92 Å². The Morgan fingerprint density at radius 3 is 2.47 bits per heavy atom. The first-order valence-electron chi connectivity index (χ1n) is 11.1. The third kappa shape index (κ3) is 5.89. The number of amides is 2. The Kier molecular flexibility index (Phi) is 7.39. The normalized spacial score (nSPS) is 16.6. The van der Waals surface area contributed by atoms with Crippen LogP contribution in [0, 0.1) is 11.7 Å². The maximum atomic E-state index is 13.4. The largest absolute Gasteiger partial charge is 0.478 e. The number of piperazine rings is 1. The van der Waals surface area contributed by atoms with Gasteiger partial charge in [0.2, 0.25) is 5.91 Å². The van der Waals surface area contributed by atoms with Gasteiger partial charge >= 0.3 is 5.97 Å². The first-order valence-corrected chi connectivity index (χ1v) is 11.1. The van der Waals surface area contributed by atoms with E-state index < -0.39 is 17.7 Å². The molecule has 0 unspecified atom stereocenters. The van der Waals surface area contributed by atoms with E-state index in [1.165, 1.54) is 24.3 Å². The van der Waals surface area contributed by atoms with Crippen molar-refractivity contribution in [1.29, 1.82) is 0 Å². The summed E-state index contributed by atoms with van der Waals surface area (Å²) in [5.74, 6) is -1.92. The zero-order valence-electron chi connectivity index (χ0n) is 18.6. The average molecular weight is 471 g/mol. The molecule has 0 atom stereocenters. The molecule has 10 heteroatoms. The van der Waals surface area contributed by atoms with Crippen molar-refractivity contribution in [1.82, 2.24) is 10.2 Å². The fraction of sp³-hybridized carbons (Fsp3) is 0.375. The third-order valence-electron chi connectivity index (χ3n) is 5.97. The molecular weight excluding hydrogens is 443 g/mol. The minimum Gasteiger partial charge on any atom is -0.478 e. The second-order valence-corrected chi connectivity index (χ2v) is 8.47. The number of ether oxygens (including phenoxy) is 1. The maximum absolute atomic E-state index is 13.4. The third-order valence-corrected chi connectivity index (χ3v) is 5.97. The van der Waals surface area contributed by atoms with Gasteiger partial charge in [-0.1, -0.05) is 6.07 Å². The topological polar surface area (TPSA) is 111 Å². The number of nitrogens with one attached hydrogen (secondary N) is 2. The van der Waals surface area contributed by atoms with Gasteiger partial charge in [-0.3, -0.25) is 14.5 Å². The van der Waals surface area contributed by atoms with Crippen LogP contribution >= 0.6 is 0 Å². The molecule has 34 heavy (non-hydrogen) atoms. The second kappa shape index (κ2) is 10.6. The summed E-state index contributed by atoms with van der Waals surface area (Å²) < 4.78 is 18.5. The fourth-order valence-corrected chi connectivity index (χ4v) is 3.92. The van der Waals surface area contributed by atoms with Crippen molar-refractivity contribution in [2.45, 2.75) is 0 Å². The number of anilines is 2. The molecule has 2 aliphatic heterocycles. The summed E-state index contributed by atoms with van der Waals surface area (Å²) in [6, 6.07) is 9.99. The lowest BCUT2D eigenvalue weighted by Gasteiger charge is -2.36. The van der Waals surface area contributed by atoms with Gasteiger partial charge in [-0.2, -0.15) is 0 Å². The highest BCUT2D eigenvalue weighted by atomic mass is 19.1. The predicted octanol–water partition coefficient (Wildman–Crippen LogP) is 1.66. The van der Waals surface area contributed by atoms with Crippen LogP contribution in [0.5, 0.6) is 0 Å². The van der Waals surface area contributed by atoms with Gasteiger partial charge in [-0.25, -0.2) is 9.18 Å². The number of aromatic carboxylic acids is 1. The van der Waals surface area contributed by atoms with Crippen LogP contribution < -0.4 is 15.5 Å². The van der Waals surface area contributed by atoms with E-state index in [2.05, 4.69) is 15.5 Å². The van der Waals surface area contributed by atoms with Gasteiger partial charge < -0.3 is 25.4 Å². The van der Waals surface area contributed by atoms with Gasteiger partial charge in [-0.15, -0.1) is 0 Å². The number of rotatable bonds is 8. The lowest BCUT2D eigenvalue weighted by molar-refractivity contribution is -0.123. The number of carboxylic acids is 1. The lowest BCUT2D eigenvalue weighted by atomic mass is 10.1. The molecule has 2 aliphatic rings. The summed E-state index contributed by atoms with van der Waals surface area (Å²) in [6.45, 7) is 4.97. The molecular formula is C24H27FN4O5. The van der Waals surface area contributed by atoms with E-state index in [9.17, 15) is 23.9 Å². The maximum Gasteiger partial charge on any atom is 0.337 e. The van der Waals surface area contributed by atoms with Crippen LogP contribution in [0.15, 0.2) is 42.5 Å². The quantitative estimate of drug-likeness (QED) is 0.538. The van der Waals surface area contributed by atoms with E-state index in [-0.39, 0.29) is 22.7 Å². The molecule has 0 saturated carbocycles. The molecule has 2 amide bonds. The molecule has 180 valence electrons. The van der Waals surface area contributed by atoms with E-state index in [1.807, 2.05) is 4.90 Å². The van der Waals surface area contributed by atoms with Gasteiger partial charge in [0.25, 0.3) is 5.91 Å². The first-order chi connectivity index (χ1) is 16.4. The first kappa shape index (κ1) is 23.7. The summed E-state index contributed by atoms with van der Waals surface area (Å²) in [7, 11) is 0. The minimum absolute atomic E-state index is 0.00750. The highest BCUT2D eigenvalue weighted by molar-refractivity contribution is 6.08. The van der Waals surface area contributed by atoms with Gasteiger partial charge in [0, 0.05) is 49.9 Å². The summed E-state index contributed by atoms with van der Waals surface area (Å²) in [6.07, 6.45) is 0. The van der Waals surface area contributed by atoms with Crippen LogP contribution in [0.2, 0.25) is 0 Å². The zero-order chi connectivity index (χ0) is 24.1. The Morgan fingerprint density at radius 2 is 1.82 bits per heavy atom. The smallest absolute Gasteiger partial charge is 0.337 e. The van der Waals surface area contributed by atoms with Crippen LogP contribution in [0.4, 0.5) is 15.8 Å². The van der Waals surface area contributed by atoms with Crippen molar-refractivity contribution in [2.75, 3.05) is 62.7 Å². The highest BCUT2D eigenvalue weighted by Crippen LogP contribution is 2.25. The summed E-state index contributed by atoms with van der Waals surface area (Å²) in [5.41, 5.74) is 0.901. The molecule has 9 nitrogen and oxygen atoms in total. The zero-order valence-corrected chi connectivity index (χ0v) is 18.6. The summed E-state index contributed by atoms with van der Waals surface area (Å²) >= 11 is 0. The lowest BCUT2D eigenvalue weighted by Crippen LogP contribution is -2.50. The Hall–Kier alpha value is -3.50. The molecule has 2 aromatic rings. The second-order valence-electron chi connectivity index (χ2n) is 8.47. The van der Waals surface area contributed by atoms with Crippen LogP contribution in [0.25, 0.3) is 0 Å². The molecule has 0 bridgehead atoms. The number of hydrogen-bond donors (Lipinski definition) is 3. The van der Waals surface area contributed by atoms with Gasteiger partial charge in [0.05, 0.1) is 31.0 Å². The summed E-state index contributed by atoms with van der Waals surface area (Å²) in [5, 5.41) is 15.2. The van der Waals surface area contributed by atoms with Gasteiger partial charge in [0.15, 0.2) is 0 Å². The van der Waals surface area contributed by atoms with Crippen LogP contribution in [0.3, 0.4) is 0 Å². The molecule has 0 aliphatic carbocycles. The number of nitrogens with zero attached hydrogens (tertiary/aromatic N) is 2. The fourth-order valence-electron chi connectivity index (χ4n) is 3.92. The van der Waals surface area contributed by atoms with Gasteiger partial charge in [-0.05, 0) is 36.4 Å². The van der Waals surface area contributed by atoms with E-state index in [0.717, 1.165) is 11.8 Å². The monoisotopic (exact) mass is 470 g/mol. The number of carbonyl (C=O) groups excluding carboxylic acids is 2. The Labute approximate surface area is 196 Å². The average Bonchev–Trinajstić information content (AvgIpc) is 2.78. The van der Waals surface area contributed by atoms with Crippen LogP contribution in [-0.4, -0.2) is 80.3 Å². The molecule has 0 radical (unpaired) electrons. The number of carboxylic acid groups (broad SMARTS) is 1. The number of benzene rings is 2. The Balaban J connectivity index is 1.34. The standard InChI is InChI=1S/C24H27FN4O5/c25-18-3-1-2-17(10-18)23(31)27-21-5-4-19(11-20(21)24(32)33)29-8-6-28(7-9-29)13-22(30)26-12-16-14-34-15-16/h1-5,10-11,16H,6-9,12-15H2,(H,26,30)(H,27,31)(H,32,33).